The lowest BCUT2D eigenvalue weighted by Gasteiger charge is -2.13. The summed E-state index contributed by atoms with van der Waals surface area (Å²) in [6.07, 6.45) is 3.37. The number of aromatic nitrogens is 1. The van der Waals surface area contributed by atoms with Crippen LogP contribution in [0.2, 0.25) is 0 Å². The second kappa shape index (κ2) is 7.99. The van der Waals surface area contributed by atoms with Gasteiger partial charge in [-0.15, -0.1) is 11.3 Å². The number of ether oxygens (including phenoxy) is 1. The first kappa shape index (κ1) is 20.8. The summed E-state index contributed by atoms with van der Waals surface area (Å²) < 4.78 is 31.2. The van der Waals surface area contributed by atoms with Crippen molar-refractivity contribution in [2.45, 2.75) is 38.8 Å². The Morgan fingerprint density at radius 1 is 1.27 bits per heavy atom. The molecule has 7 nitrogen and oxygen atoms in total. The maximum Gasteiger partial charge on any atom is 0.274 e. The molecule has 1 aliphatic rings. The van der Waals surface area contributed by atoms with E-state index in [1.165, 1.54) is 0 Å². The lowest BCUT2D eigenvalue weighted by Crippen LogP contribution is -2.33. The van der Waals surface area contributed by atoms with Crippen LogP contribution in [0.15, 0.2) is 42.6 Å². The average molecular weight is 445 g/mol. The fraction of sp³-hybridized carbons (Fsp3) is 0.286. The van der Waals surface area contributed by atoms with Gasteiger partial charge in [-0.25, -0.2) is 10.1 Å². The van der Waals surface area contributed by atoms with Gasteiger partial charge in [-0.05, 0) is 61.6 Å². The molecule has 30 heavy (non-hydrogen) atoms. The molecule has 3 aromatic rings. The molecule has 1 aliphatic carbocycles. The molecule has 4 rings (SSSR count). The van der Waals surface area contributed by atoms with E-state index in [2.05, 4.69) is 9.71 Å². The number of rotatable bonds is 6. The predicted molar refractivity (Wildman–Crippen MR) is 120 cm³/mol. The lowest BCUT2D eigenvalue weighted by molar-refractivity contribution is 0.244. The summed E-state index contributed by atoms with van der Waals surface area (Å²) in [5, 5.41) is 6.04. The van der Waals surface area contributed by atoms with E-state index < -0.39 is 10.2 Å². The SMILES string of the molecule is CC(C)Oc1ccc(-c2ncc(-c3cccc4c3CCC4NS(N)(=O)=O)s2)cc1N. The normalized spacial score (nSPS) is 16.1. The van der Waals surface area contributed by atoms with Gasteiger partial charge in [0.15, 0.2) is 0 Å². The minimum Gasteiger partial charge on any atom is -0.489 e. The zero-order valence-corrected chi connectivity index (χ0v) is 18.4. The van der Waals surface area contributed by atoms with Crippen LogP contribution in [0, 0.1) is 0 Å². The fourth-order valence-corrected chi connectivity index (χ4v) is 5.39. The smallest absolute Gasteiger partial charge is 0.274 e. The highest BCUT2D eigenvalue weighted by Gasteiger charge is 2.27. The number of fused-ring (bicyclic) bond motifs is 1. The molecule has 0 radical (unpaired) electrons. The maximum atomic E-state index is 11.5. The molecule has 1 unspecified atom stereocenters. The van der Waals surface area contributed by atoms with E-state index in [9.17, 15) is 8.42 Å². The summed E-state index contributed by atoms with van der Waals surface area (Å²) in [6, 6.07) is 11.3. The molecule has 1 heterocycles. The first-order valence-corrected chi connectivity index (χ1v) is 12.0. The van der Waals surface area contributed by atoms with Crippen LogP contribution < -0.4 is 20.3 Å². The number of thiazole rings is 1. The van der Waals surface area contributed by atoms with Crippen molar-refractivity contribution in [3.8, 4) is 26.8 Å². The van der Waals surface area contributed by atoms with Crippen LogP contribution in [-0.2, 0) is 16.6 Å². The van der Waals surface area contributed by atoms with Gasteiger partial charge in [0.05, 0.1) is 16.7 Å². The Balaban J connectivity index is 1.64. The molecule has 0 saturated heterocycles. The van der Waals surface area contributed by atoms with Crippen LogP contribution >= 0.6 is 11.3 Å². The summed E-state index contributed by atoms with van der Waals surface area (Å²) in [7, 11) is -3.76. The minimum atomic E-state index is -3.76. The third-order valence-electron chi connectivity index (χ3n) is 4.97. The van der Waals surface area contributed by atoms with Crippen LogP contribution in [0.5, 0.6) is 5.75 Å². The van der Waals surface area contributed by atoms with E-state index >= 15 is 0 Å². The second-order valence-corrected chi connectivity index (χ2v) is 9.93. The van der Waals surface area contributed by atoms with Crippen LogP contribution in [0.25, 0.3) is 21.0 Å². The summed E-state index contributed by atoms with van der Waals surface area (Å²) in [5.74, 6) is 0.666. The van der Waals surface area contributed by atoms with Gasteiger partial charge in [-0.1, -0.05) is 18.2 Å². The Hall–Kier alpha value is -2.46. The average Bonchev–Trinajstić information content (AvgIpc) is 3.29. The van der Waals surface area contributed by atoms with Gasteiger partial charge in [-0.3, -0.25) is 0 Å². The molecule has 0 saturated carbocycles. The third kappa shape index (κ3) is 4.34. The highest BCUT2D eigenvalue weighted by Crippen LogP contribution is 2.41. The summed E-state index contributed by atoms with van der Waals surface area (Å²) in [5.41, 5.74) is 10.8. The minimum absolute atomic E-state index is 0.0531. The number of nitrogen functional groups attached to an aromatic ring is 1. The molecule has 9 heteroatoms. The molecule has 0 aliphatic heterocycles. The molecule has 0 fully saturated rings. The first-order chi connectivity index (χ1) is 14.2. The van der Waals surface area contributed by atoms with E-state index in [4.69, 9.17) is 15.6 Å². The first-order valence-electron chi connectivity index (χ1n) is 9.66. The van der Waals surface area contributed by atoms with Gasteiger partial charge in [0, 0.05) is 17.8 Å². The van der Waals surface area contributed by atoms with E-state index in [0.29, 0.717) is 17.9 Å². The van der Waals surface area contributed by atoms with Gasteiger partial charge in [-0.2, -0.15) is 13.1 Å². The molecule has 2 aromatic carbocycles. The quantitative estimate of drug-likeness (QED) is 0.502. The number of hydrogen-bond acceptors (Lipinski definition) is 6. The van der Waals surface area contributed by atoms with Crippen molar-refractivity contribution in [3.63, 3.8) is 0 Å². The number of anilines is 1. The zero-order chi connectivity index (χ0) is 21.5. The van der Waals surface area contributed by atoms with Crippen molar-refractivity contribution >= 4 is 27.2 Å². The molecule has 1 atom stereocenters. The maximum absolute atomic E-state index is 11.5. The number of nitrogens with one attached hydrogen (secondary N) is 1. The summed E-state index contributed by atoms with van der Waals surface area (Å²) in [4.78, 5) is 5.62. The van der Waals surface area contributed by atoms with Gasteiger partial charge in [0.1, 0.15) is 10.8 Å². The van der Waals surface area contributed by atoms with E-state index in [1.807, 2.05) is 56.4 Å². The van der Waals surface area contributed by atoms with Gasteiger partial charge >= 0.3 is 0 Å². The molecule has 5 N–H and O–H groups in total. The van der Waals surface area contributed by atoms with Crippen LogP contribution in [0.3, 0.4) is 0 Å². The van der Waals surface area contributed by atoms with Crippen molar-refractivity contribution in [3.05, 3.63) is 53.7 Å². The largest absolute Gasteiger partial charge is 0.489 e. The van der Waals surface area contributed by atoms with Gasteiger partial charge in [0.25, 0.3) is 10.2 Å². The van der Waals surface area contributed by atoms with Crippen LogP contribution in [0.4, 0.5) is 5.69 Å². The number of hydrogen-bond donors (Lipinski definition) is 3. The Kier molecular flexibility index (Phi) is 5.54. The zero-order valence-electron chi connectivity index (χ0n) is 16.8. The standard InChI is InChI=1S/C21H24N4O3S2/c1-12(2)28-19-9-6-13(10-17(19)22)21-24-11-20(29-21)16-5-3-4-15-14(16)7-8-18(15)25-30(23,26)27/h3-6,9-12,18,25H,7-8,22H2,1-2H3,(H2,23,26,27). The number of nitrogens with two attached hydrogens (primary N) is 2. The molecule has 0 amide bonds. The Bertz CT molecular complexity index is 1190. The highest BCUT2D eigenvalue weighted by atomic mass is 32.2. The second-order valence-electron chi connectivity index (χ2n) is 7.58. The monoisotopic (exact) mass is 444 g/mol. The predicted octanol–water partition coefficient (Wildman–Crippen LogP) is 3.63. The van der Waals surface area contributed by atoms with E-state index in [-0.39, 0.29) is 12.1 Å². The van der Waals surface area contributed by atoms with Crippen molar-refractivity contribution in [1.29, 1.82) is 0 Å². The van der Waals surface area contributed by atoms with Crippen LogP contribution in [-0.4, -0.2) is 19.5 Å². The number of nitrogens with zero attached hydrogens (tertiary/aromatic N) is 1. The molecule has 0 bridgehead atoms. The van der Waals surface area contributed by atoms with Crippen molar-refractivity contribution in [1.82, 2.24) is 9.71 Å². The molecular formula is C21H24N4O3S2. The Morgan fingerprint density at radius 3 is 2.77 bits per heavy atom. The van der Waals surface area contributed by atoms with E-state index in [1.54, 1.807) is 11.3 Å². The van der Waals surface area contributed by atoms with Gasteiger partial charge in [0.2, 0.25) is 0 Å². The fourth-order valence-electron chi connectivity index (χ4n) is 3.78. The Morgan fingerprint density at radius 2 is 2.07 bits per heavy atom. The molecular weight excluding hydrogens is 420 g/mol. The van der Waals surface area contributed by atoms with Crippen molar-refractivity contribution in [2.24, 2.45) is 5.14 Å². The number of benzene rings is 2. The lowest BCUT2D eigenvalue weighted by atomic mass is 10.0. The van der Waals surface area contributed by atoms with Crippen molar-refractivity contribution < 1.29 is 13.2 Å². The van der Waals surface area contributed by atoms with Crippen molar-refractivity contribution in [2.75, 3.05) is 5.73 Å². The molecule has 1 aromatic heterocycles. The third-order valence-corrected chi connectivity index (χ3v) is 6.66. The summed E-state index contributed by atoms with van der Waals surface area (Å²) in [6.45, 7) is 3.92. The molecule has 158 valence electrons. The molecule has 0 spiro atoms. The van der Waals surface area contributed by atoms with Gasteiger partial charge < -0.3 is 10.5 Å². The van der Waals surface area contributed by atoms with E-state index in [0.717, 1.165) is 38.6 Å². The van der Waals surface area contributed by atoms with Crippen LogP contribution in [0.1, 0.15) is 37.4 Å². The Labute approximate surface area is 180 Å². The topological polar surface area (TPSA) is 120 Å². The summed E-state index contributed by atoms with van der Waals surface area (Å²) >= 11 is 1.58. The highest BCUT2D eigenvalue weighted by molar-refractivity contribution is 7.87.